The van der Waals surface area contributed by atoms with Gasteiger partial charge in [0.05, 0.1) is 5.69 Å². The lowest BCUT2D eigenvalue weighted by Gasteiger charge is -2.25. The van der Waals surface area contributed by atoms with E-state index >= 15 is 0 Å². The van der Waals surface area contributed by atoms with Crippen molar-refractivity contribution in [1.82, 2.24) is 4.98 Å². The van der Waals surface area contributed by atoms with Gasteiger partial charge in [0.1, 0.15) is 5.82 Å². The van der Waals surface area contributed by atoms with E-state index in [4.69, 9.17) is 0 Å². The molecule has 1 saturated carbocycles. The largest absolute Gasteiger partial charge is 0.255 e. The number of halogens is 1. The van der Waals surface area contributed by atoms with Crippen molar-refractivity contribution in [3.05, 3.63) is 66.6 Å². The molecule has 3 rings (SSSR count). The van der Waals surface area contributed by atoms with Crippen LogP contribution in [0.5, 0.6) is 0 Å². The topological polar surface area (TPSA) is 12.9 Å². The molecule has 0 aliphatic heterocycles. The van der Waals surface area contributed by atoms with Gasteiger partial charge in [-0.25, -0.2) is 4.39 Å². The van der Waals surface area contributed by atoms with E-state index in [9.17, 15) is 4.39 Å². The van der Waals surface area contributed by atoms with E-state index in [1.54, 1.807) is 12.1 Å². The Morgan fingerprint density at radius 2 is 1.85 bits per heavy atom. The molecule has 1 nitrogen and oxygen atoms in total. The number of pyridine rings is 1. The number of hydrogen-bond donors (Lipinski definition) is 0. The van der Waals surface area contributed by atoms with E-state index in [1.807, 2.05) is 24.4 Å². The molecule has 26 heavy (non-hydrogen) atoms. The maximum Gasteiger partial charge on any atom is 0.123 e. The van der Waals surface area contributed by atoms with E-state index in [1.165, 1.54) is 50.7 Å². The van der Waals surface area contributed by atoms with E-state index < -0.39 is 0 Å². The molecule has 2 aromatic rings. The third-order valence-electron chi connectivity index (χ3n) is 5.19. The van der Waals surface area contributed by atoms with Crippen molar-refractivity contribution in [2.45, 2.75) is 44.9 Å². The van der Waals surface area contributed by atoms with Crippen molar-refractivity contribution in [2.24, 2.45) is 11.8 Å². The monoisotopic (exact) mass is 347 g/mol. The zero-order chi connectivity index (χ0) is 18.2. The maximum absolute atomic E-state index is 13.0. The fraction of sp³-hybridized carbons (Fsp3) is 0.375. The highest BCUT2D eigenvalue weighted by Gasteiger charge is 2.19. The fourth-order valence-electron chi connectivity index (χ4n) is 3.59. The van der Waals surface area contributed by atoms with Crippen molar-refractivity contribution < 1.29 is 4.39 Å². The minimum Gasteiger partial charge on any atom is -0.255 e. The average Bonchev–Trinajstić information content (AvgIpc) is 2.69. The molecular weight excluding hydrogens is 321 g/mol. The molecule has 1 aromatic carbocycles. The van der Waals surface area contributed by atoms with Gasteiger partial charge >= 0.3 is 0 Å². The normalized spacial score (nSPS) is 19.4. The van der Waals surface area contributed by atoms with Gasteiger partial charge in [-0.1, -0.05) is 24.3 Å². The first-order valence-corrected chi connectivity index (χ1v) is 9.59. The molecule has 134 valence electrons. The quantitative estimate of drug-likeness (QED) is 0.346. The highest BCUT2D eigenvalue weighted by Crippen LogP contribution is 2.31. The Morgan fingerprint density at radius 3 is 2.50 bits per heavy atom. The van der Waals surface area contributed by atoms with Gasteiger partial charge in [0, 0.05) is 23.2 Å². The molecule has 0 unspecified atom stereocenters. The molecule has 1 fully saturated rings. The summed E-state index contributed by atoms with van der Waals surface area (Å²) in [5.74, 6) is 7.89. The predicted octanol–water partition coefficient (Wildman–Crippen LogP) is 6.40. The molecular formula is C24H26FN. The zero-order valence-corrected chi connectivity index (χ0v) is 15.3. The molecule has 0 radical (unpaired) electrons. The van der Waals surface area contributed by atoms with Crippen LogP contribution >= 0.6 is 0 Å². The number of rotatable bonds is 5. The number of nitrogens with zero attached hydrogens (tertiary/aromatic N) is 1. The van der Waals surface area contributed by atoms with Crippen LogP contribution in [0.3, 0.4) is 0 Å². The molecule has 1 aliphatic rings. The molecule has 2 heteroatoms. The van der Waals surface area contributed by atoms with Crippen LogP contribution in [-0.4, -0.2) is 4.98 Å². The molecule has 1 heterocycles. The first-order chi connectivity index (χ1) is 12.7. The van der Waals surface area contributed by atoms with Gasteiger partial charge in [0.15, 0.2) is 0 Å². The second kappa shape index (κ2) is 9.34. The van der Waals surface area contributed by atoms with Crippen molar-refractivity contribution in [3.8, 4) is 23.1 Å². The lowest BCUT2D eigenvalue weighted by Crippen LogP contribution is -2.13. The summed E-state index contributed by atoms with van der Waals surface area (Å²) in [4.78, 5) is 4.46. The smallest absolute Gasteiger partial charge is 0.123 e. The van der Waals surface area contributed by atoms with E-state index in [0.29, 0.717) is 5.92 Å². The maximum atomic E-state index is 13.0. The summed E-state index contributed by atoms with van der Waals surface area (Å²) in [6.45, 7) is 3.80. The van der Waals surface area contributed by atoms with Gasteiger partial charge < -0.3 is 0 Å². The van der Waals surface area contributed by atoms with Gasteiger partial charge in [-0.2, -0.15) is 0 Å². The van der Waals surface area contributed by atoms with Crippen LogP contribution in [0.1, 0.15) is 50.5 Å². The van der Waals surface area contributed by atoms with Crippen LogP contribution in [0.4, 0.5) is 4.39 Å². The van der Waals surface area contributed by atoms with Crippen LogP contribution < -0.4 is 0 Å². The Kier molecular flexibility index (Phi) is 6.61. The highest BCUT2D eigenvalue weighted by molar-refractivity contribution is 5.59. The third-order valence-corrected chi connectivity index (χ3v) is 5.19. The first kappa shape index (κ1) is 18.4. The first-order valence-electron chi connectivity index (χ1n) is 9.59. The summed E-state index contributed by atoms with van der Waals surface area (Å²) in [6.07, 6.45) is 12.6. The number of benzene rings is 1. The van der Waals surface area contributed by atoms with Crippen LogP contribution in [0.15, 0.2) is 55.3 Å². The SMILES string of the molecule is C=CCCC[C@H]1CC[C@H](C#Cc2ccc(-c3ccc(F)cc3)nc2)CC1. The minimum atomic E-state index is -0.230. The second-order valence-electron chi connectivity index (χ2n) is 7.15. The molecule has 0 atom stereocenters. The van der Waals surface area contributed by atoms with Crippen LogP contribution in [0, 0.1) is 29.5 Å². The Bertz CT molecular complexity index is 757. The Morgan fingerprint density at radius 1 is 1.08 bits per heavy atom. The lowest BCUT2D eigenvalue weighted by atomic mass is 9.80. The number of hydrogen-bond acceptors (Lipinski definition) is 1. The predicted molar refractivity (Wildman–Crippen MR) is 106 cm³/mol. The molecule has 0 N–H and O–H groups in total. The molecule has 0 saturated heterocycles. The van der Waals surface area contributed by atoms with E-state index in [0.717, 1.165) is 29.2 Å². The summed E-state index contributed by atoms with van der Waals surface area (Å²) >= 11 is 0. The summed E-state index contributed by atoms with van der Waals surface area (Å²) in [6, 6.07) is 10.4. The van der Waals surface area contributed by atoms with E-state index in [2.05, 4.69) is 23.4 Å². The molecule has 0 spiro atoms. The summed E-state index contributed by atoms with van der Waals surface area (Å²) in [7, 11) is 0. The zero-order valence-electron chi connectivity index (χ0n) is 15.3. The van der Waals surface area contributed by atoms with Crippen LogP contribution in [0.25, 0.3) is 11.3 Å². The molecule has 0 amide bonds. The molecule has 0 bridgehead atoms. The van der Waals surface area contributed by atoms with Crippen molar-refractivity contribution in [3.63, 3.8) is 0 Å². The number of aromatic nitrogens is 1. The number of unbranched alkanes of at least 4 members (excludes halogenated alkanes) is 1. The molecule has 1 aromatic heterocycles. The van der Waals surface area contributed by atoms with Crippen LogP contribution in [0.2, 0.25) is 0 Å². The molecule has 1 aliphatic carbocycles. The summed E-state index contributed by atoms with van der Waals surface area (Å²) in [5.41, 5.74) is 2.71. The lowest BCUT2D eigenvalue weighted by molar-refractivity contribution is 0.297. The third kappa shape index (κ3) is 5.30. The van der Waals surface area contributed by atoms with Crippen molar-refractivity contribution in [1.29, 1.82) is 0 Å². The minimum absolute atomic E-state index is 0.230. The Balaban J connectivity index is 1.52. The van der Waals surface area contributed by atoms with Gasteiger partial charge in [-0.3, -0.25) is 4.98 Å². The highest BCUT2D eigenvalue weighted by atomic mass is 19.1. The fourth-order valence-corrected chi connectivity index (χ4v) is 3.59. The summed E-state index contributed by atoms with van der Waals surface area (Å²) < 4.78 is 13.0. The van der Waals surface area contributed by atoms with Crippen molar-refractivity contribution >= 4 is 0 Å². The standard InChI is InChI=1S/C24H26FN/c1-2-3-4-5-19-6-8-20(9-7-19)10-11-21-12-17-24(26-18-21)22-13-15-23(25)16-14-22/h2,12-20H,1,3-9H2/t19-,20-. The van der Waals surface area contributed by atoms with Crippen LogP contribution in [-0.2, 0) is 0 Å². The Labute approximate surface area is 156 Å². The average molecular weight is 347 g/mol. The summed E-state index contributed by atoms with van der Waals surface area (Å²) in [5, 5.41) is 0. The second-order valence-corrected chi connectivity index (χ2v) is 7.15. The number of allylic oxidation sites excluding steroid dienone is 1. The van der Waals surface area contributed by atoms with Gasteiger partial charge in [-0.05, 0) is 80.8 Å². The van der Waals surface area contributed by atoms with Gasteiger partial charge in [0.2, 0.25) is 0 Å². The van der Waals surface area contributed by atoms with Gasteiger partial charge in [0.25, 0.3) is 0 Å². The Hall–Kier alpha value is -2.40. The van der Waals surface area contributed by atoms with E-state index in [-0.39, 0.29) is 5.82 Å². The van der Waals surface area contributed by atoms with Gasteiger partial charge in [-0.15, -0.1) is 6.58 Å². The van der Waals surface area contributed by atoms with Crippen molar-refractivity contribution in [2.75, 3.05) is 0 Å².